The molecule has 0 saturated carbocycles. The minimum atomic E-state index is -0.0735. The summed E-state index contributed by atoms with van der Waals surface area (Å²) >= 11 is 0. The predicted molar refractivity (Wildman–Crippen MR) is 82.1 cm³/mol. The number of carbonyl (C=O) groups is 2. The van der Waals surface area contributed by atoms with Crippen LogP contribution in [-0.4, -0.2) is 11.7 Å². The van der Waals surface area contributed by atoms with Gasteiger partial charge in [-0.15, -0.1) is 0 Å². The van der Waals surface area contributed by atoms with E-state index in [-0.39, 0.29) is 17.1 Å². The fraction of sp³-hybridized carbons (Fsp3) is 0.412. The molecular weight excluding hydrogens is 264 g/mol. The van der Waals surface area contributed by atoms with E-state index in [1.54, 1.807) is 6.08 Å². The Balaban J connectivity index is 1.78. The highest BCUT2D eigenvalue weighted by Crippen LogP contribution is 2.32. The third-order valence-corrected chi connectivity index (χ3v) is 3.50. The van der Waals surface area contributed by atoms with Crippen LogP contribution >= 0.6 is 0 Å². The first-order chi connectivity index (χ1) is 9.94. The van der Waals surface area contributed by atoms with Crippen molar-refractivity contribution in [3.05, 3.63) is 47.7 Å². The van der Waals surface area contributed by atoms with Crippen molar-refractivity contribution in [3.8, 4) is 0 Å². The molecule has 0 bridgehead atoms. The number of hydrazine groups is 1. The molecule has 1 aromatic rings. The zero-order chi connectivity index (χ0) is 15.3. The van der Waals surface area contributed by atoms with Crippen molar-refractivity contribution in [1.82, 2.24) is 10.9 Å². The summed E-state index contributed by atoms with van der Waals surface area (Å²) in [6, 6.07) is 9.90. The van der Waals surface area contributed by atoms with Crippen LogP contribution in [0.25, 0.3) is 0 Å². The van der Waals surface area contributed by atoms with Gasteiger partial charge in [-0.2, -0.15) is 0 Å². The molecule has 0 unspecified atom stereocenters. The smallest absolute Gasteiger partial charge is 0.238 e. The molecule has 0 aliphatic heterocycles. The third-order valence-electron chi connectivity index (χ3n) is 3.50. The Bertz CT molecular complexity index is 547. The van der Waals surface area contributed by atoms with Crippen molar-refractivity contribution in [2.75, 3.05) is 0 Å². The Morgan fingerprint density at radius 1 is 1.19 bits per heavy atom. The molecule has 1 aromatic carbocycles. The number of benzene rings is 1. The molecule has 112 valence electrons. The van der Waals surface area contributed by atoms with Gasteiger partial charge in [0.05, 0.1) is 0 Å². The number of allylic oxidation sites excluding steroid dienone is 2. The van der Waals surface area contributed by atoms with Gasteiger partial charge in [-0.3, -0.25) is 15.0 Å². The molecule has 0 aromatic heterocycles. The summed E-state index contributed by atoms with van der Waals surface area (Å²) in [5, 5.41) is 0. The SMILES string of the molecule is CC1(C)CC(=O)C=C(NNC(=O)CCc2ccccc2)C1. The lowest BCUT2D eigenvalue weighted by Crippen LogP contribution is -2.39. The van der Waals surface area contributed by atoms with E-state index < -0.39 is 0 Å². The van der Waals surface area contributed by atoms with Gasteiger partial charge < -0.3 is 5.43 Å². The van der Waals surface area contributed by atoms with Crippen LogP contribution in [0.3, 0.4) is 0 Å². The van der Waals surface area contributed by atoms with Crippen molar-refractivity contribution >= 4 is 11.7 Å². The molecule has 1 aliphatic rings. The van der Waals surface area contributed by atoms with Crippen LogP contribution in [-0.2, 0) is 16.0 Å². The summed E-state index contributed by atoms with van der Waals surface area (Å²) < 4.78 is 0. The Labute approximate surface area is 125 Å². The molecule has 2 rings (SSSR count). The van der Waals surface area contributed by atoms with Crippen molar-refractivity contribution < 1.29 is 9.59 Å². The van der Waals surface area contributed by atoms with Crippen LogP contribution in [0, 0.1) is 5.41 Å². The Kier molecular flexibility index (Phi) is 4.78. The Morgan fingerprint density at radius 2 is 1.90 bits per heavy atom. The van der Waals surface area contributed by atoms with Crippen LogP contribution in [0.1, 0.15) is 38.7 Å². The van der Waals surface area contributed by atoms with Gasteiger partial charge >= 0.3 is 0 Å². The van der Waals surface area contributed by atoms with Crippen LogP contribution in [0.5, 0.6) is 0 Å². The lowest BCUT2D eigenvalue weighted by atomic mass is 9.79. The van der Waals surface area contributed by atoms with Gasteiger partial charge in [-0.05, 0) is 23.8 Å². The molecule has 21 heavy (non-hydrogen) atoms. The maximum Gasteiger partial charge on any atom is 0.238 e. The average molecular weight is 286 g/mol. The van der Waals surface area contributed by atoms with Crippen LogP contribution in [0.4, 0.5) is 0 Å². The van der Waals surface area contributed by atoms with Crippen LogP contribution in [0.15, 0.2) is 42.1 Å². The number of hydrogen-bond donors (Lipinski definition) is 2. The van der Waals surface area contributed by atoms with Gasteiger partial charge in [0.2, 0.25) is 5.91 Å². The molecule has 0 saturated heterocycles. The minimum absolute atomic E-state index is 0.0526. The van der Waals surface area contributed by atoms with E-state index in [4.69, 9.17) is 0 Å². The first-order valence-corrected chi connectivity index (χ1v) is 7.27. The van der Waals surface area contributed by atoms with E-state index >= 15 is 0 Å². The summed E-state index contributed by atoms with van der Waals surface area (Å²) in [6.45, 7) is 4.10. The normalized spacial score (nSPS) is 17.0. The molecule has 4 heteroatoms. The highest BCUT2D eigenvalue weighted by molar-refractivity contribution is 5.91. The molecule has 1 aliphatic carbocycles. The minimum Gasteiger partial charge on any atom is -0.303 e. The number of nitrogens with one attached hydrogen (secondary N) is 2. The molecule has 0 radical (unpaired) electrons. The summed E-state index contributed by atoms with van der Waals surface area (Å²) in [5.74, 6) is 0.0304. The Morgan fingerprint density at radius 3 is 2.57 bits per heavy atom. The zero-order valence-corrected chi connectivity index (χ0v) is 12.6. The van der Waals surface area contributed by atoms with E-state index in [0.717, 1.165) is 17.7 Å². The first kappa shape index (κ1) is 15.3. The summed E-state index contributed by atoms with van der Waals surface area (Å²) in [4.78, 5) is 23.4. The van der Waals surface area contributed by atoms with Crippen molar-refractivity contribution in [2.45, 2.75) is 39.5 Å². The van der Waals surface area contributed by atoms with Gasteiger partial charge in [0.1, 0.15) is 0 Å². The van der Waals surface area contributed by atoms with E-state index in [1.165, 1.54) is 0 Å². The summed E-state index contributed by atoms with van der Waals surface area (Å²) in [5.41, 5.74) is 7.42. The van der Waals surface area contributed by atoms with E-state index in [1.807, 2.05) is 30.3 Å². The average Bonchev–Trinajstić information content (AvgIpc) is 2.42. The number of aryl methyl sites for hydroxylation is 1. The molecule has 0 spiro atoms. The lowest BCUT2D eigenvalue weighted by molar-refractivity contribution is -0.122. The maximum absolute atomic E-state index is 11.8. The molecule has 0 heterocycles. The fourth-order valence-corrected chi connectivity index (χ4v) is 2.54. The maximum atomic E-state index is 11.8. The quantitative estimate of drug-likeness (QED) is 0.818. The molecule has 0 fully saturated rings. The number of carbonyl (C=O) groups excluding carboxylic acids is 2. The molecule has 1 amide bonds. The van der Waals surface area contributed by atoms with Gasteiger partial charge in [-0.25, -0.2) is 0 Å². The summed E-state index contributed by atoms with van der Waals surface area (Å²) in [7, 11) is 0. The lowest BCUT2D eigenvalue weighted by Gasteiger charge is -2.29. The van der Waals surface area contributed by atoms with Crippen molar-refractivity contribution in [2.24, 2.45) is 5.41 Å². The van der Waals surface area contributed by atoms with Gasteiger partial charge in [-0.1, -0.05) is 44.2 Å². The van der Waals surface area contributed by atoms with Crippen molar-refractivity contribution in [1.29, 1.82) is 0 Å². The van der Waals surface area contributed by atoms with E-state index in [2.05, 4.69) is 24.7 Å². The number of rotatable bonds is 5. The van der Waals surface area contributed by atoms with Crippen LogP contribution in [0.2, 0.25) is 0 Å². The zero-order valence-electron chi connectivity index (χ0n) is 12.6. The molecular formula is C17H22N2O2. The first-order valence-electron chi connectivity index (χ1n) is 7.27. The second-order valence-electron chi connectivity index (χ2n) is 6.31. The molecule has 0 atom stereocenters. The highest BCUT2D eigenvalue weighted by atomic mass is 16.2. The number of amides is 1. The van der Waals surface area contributed by atoms with E-state index in [9.17, 15) is 9.59 Å². The third kappa shape index (κ3) is 5.06. The molecule has 2 N–H and O–H groups in total. The standard InChI is InChI=1S/C17H22N2O2/c1-17(2)11-14(10-15(20)12-17)18-19-16(21)9-8-13-6-4-3-5-7-13/h3-7,10,18H,8-9,11-12H2,1-2H3,(H,19,21). The van der Waals surface area contributed by atoms with Gasteiger partial charge in [0.15, 0.2) is 5.78 Å². The largest absolute Gasteiger partial charge is 0.303 e. The fourth-order valence-electron chi connectivity index (χ4n) is 2.54. The summed E-state index contributed by atoms with van der Waals surface area (Å²) in [6.07, 6.45) is 4.03. The topological polar surface area (TPSA) is 58.2 Å². The highest BCUT2D eigenvalue weighted by Gasteiger charge is 2.27. The second kappa shape index (κ2) is 6.57. The second-order valence-corrected chi connectivity index (χ2v) is 6.31. The van der Waals surface area contributed by atoms with E-state index in [0.29, 0.717) is 19.3 Å². The predicted octanol–water partition coefficient (Wildman–Crippen LogP) is 2.51. The Hall–Kier alpha value is -2.10. The number of hydrogen-bond acceptors (Lipinski definition) is 3. The van der Waals surface area contributed by atoms with Gasteiger partial charge in [0.25, 0.3) is 0 Å². The van der Waals surface area contributed by atoms with Crippen molar-refractivity contribution in [3.63, 3.8) is 0 Å². The molecule has 4 nitrogen and oxygen atoms in total. The number of ketones is 1. The van der Waals surface area contributed by atoms with Crippen LogP contribution < -0.4 is 10.9 Å². The monoisotopic (exact) mass is 286 g/mol. The van der Waals surface area contributed by atoms with Gasteiger partial charge in [0, 0.05) is 24.6 Å².